The third kappa shape index (κ3) is 2.20. The quantitative estimate of drug-likeness (QED) is 0.821. The molecule has 82 valence electrons. The fraction of sp³-hybridized carbons (Fsp3) is 0.154. The summed E-state index contributed by atoms with van der Waals surface area (Å²) in [5.74, 6) is 0.851. The minimum absolute atomic E-state index is 0.111. The van der Waals surface area contributed by atoms with Crippen LogP contribution in [0.5, 0.6) is 0 Å². The molecule has 2 aromatic rings. The van der Waals surface area contributed by atoms with Crippen molar-refractivity contribution in [2.75, 3.05) is 12.4 Å². The molecule has 1 aromatic carbocycles. The molecule has 3 heteroatoms. The first kappa shape index (κ1) is 10.6. The van der Waals surface area contributed by atoms with E-state index in [1.165, 1.54) is 0 Å². The van der Waals surface area contributed by atoms with Gasteiger partial charge < -0.3 is 11.1 Å². The van der Waals surface area contributed by atoms with Crippen LogP contribution in [0.2, 0.25) is 0 Å². The molecule has 3 nitrogen and oxygen atoms in total. The van der Waals surface area contributed by atoms with Crippen LogP contribution in [-0.2, 0) is 0 Å². The molecule has 0 aliphatic heterocycles. The molecule has 0 saturated heterocycles. The molecule has 0 radical (unpaired) electrons. The summed E-state index contributed by atoms with van der Waals surface area (Å²) in [6, 6.07) is 13.8. The van der Waals surface area contributed by atoms with Crippen LogP contribution in [0, 0.1) is 0 Å². The maximum absolute atomic E-state index is 6.15. The SMILES string of the molecule is CNc1ccc([C@@H](N)c2ccccc2)cn1. The number of nitrogens with two attached hydrogens (primary N) is 1. The number of rotatable bonds is 3. The van der Waals surface area contributed by atoms with Gasteiger partial charge >= 0.3 is 0 Å². The summed E-state index contributed by atoms with van der Waals surface area (Å²) in [6.07, 6.45) is 1.81. The number of nitrogens with one attached hydrogen (secondary N) is 1. The highest BCUT2D eigenvalue weighted by atomic mass is 14.9. The fourth-order valence-corrected chi connectivity index (χ4v) is 1.59. The zero-order valence-corrected chi connectivity index (χ0v) is 9.22. The Bertz CT molecular complexity index is 436. The molecule has 1 heterocycles. The number of hydrogen-bond donors (Lipinski definition) is 2. The molecule has 2 rings (SSSR count). The summed E-state index contributed by atoms with van der Waals surface area (Å²) in [5.41, 5.74) is 8.26. The molecule has 0 amide bonds. The second-order valence-electron chi connectivity index (χ2n) is 3.62. The number of hydrogen-bond acceptors (Lipinski definition) is 3. The molecule has 0 fully saturated rings. The average Bonchev–Trinajstić information content (AvgIpc) is 2.39. The van der Waals surface area contributed by atoms with Gasteiger partial charge in [-0.2, -0.15) is 0 Å². The largest absolute Gasteiger partial charge is 0.373 e. The van der Waals surface area contributed by atoms with E-state index >= 15 is 0 Å². The Hall–Kier alpha value is -1.87. The van der Waals surface area contributed by atoms with Crippen molar-refractivity contribution < 1.29 is 0 Å². The van der Waals surface area contributed by atoms with Crippen LogP contribution in [0.1, 0.15) is 17.2 Å². The second kappa shape index (κ2) is 4.77. The molecular formula is C13H15N3. The van der Waals surface area contributed by atoms with E-state index in [4.69, 9.17) is 5.73 Å². The van der Waals surface area contributed by atoms with Crippen molar-refractivity contribution in [1.29, 1.82) is 0 Å². The fourth-order valence-electron chi connectivity index (χ4n) is 1.59. The lowest BCUT2D eigenvalue weighted by molar-refractivity contribution is 0.863. The zero-order chi connectivity index (χ0) is 11.4. The number of nitrogens with zero attached hydrogens (tertiary/aromatic N) is 1. The smallest absolute Gasteiger partial charge is 0.125 e. The monoisotopic (exact) mass is 213 g/mol. The summed E-state index contributed by atoms with van der Waals surface area (Å²) in [5, 5.41) is 2.98. The van der Waals surface area contributed by atoms with Gasteiger partial charge in [0.15, 0.2) is 0 Å². The summed E-state index contributed by atoms with van der Waals surface area (Å²) < 4.78 is 0. The van der Waals surface area contributed by atoms with Crippen LogP contribution in [0.15, 0.2) is 48.7 Å². The van der Waals surface area contributed by atoms with Crippen LogP contribution in [0.4, 0.5) is 5.82 Å². The second-order valence-corrected chi connectivity index (χ2v) is 3.62. The molecule has 0 spiro atoms. The lowest BCUT2D eigenvalue weighted by atomic mass is 10.0. The van der Waals surface area contributed by atoms with E-state index < -0.39 is 0 Å². The Morgan fingerprint density at radius 2 is 1.81 bits per heavy atom. The molecule has 0 unspecified atom stereocenters. The van der Waals surface area contributed by atoms with E-state index in [0.29, 0.717) is 0 Å². The van der Waals surface area contributed by atoms with E-state index in [9.17, 15) is 0 Å². The van der Waals surface area contributed by atoms with E-state index in [1.807, 2.05) is 55.7 Å². The first-order valence-corrected chi connectivity index (χ1v) is 5.25. The standard InChI is InChI=1S/C13H15N3/c1-15-12-8-7-11(9-16-12)13(14)10-5-3-2-4-6-10/h2-9,13H,14H2,1H3,(H,15,16)/t13-/m0/s1. The van der Waals surface area contributed by atoms with Gasteiger partial charge in [-0.3, -0.25) is 0 Å². The van der Waals surface area contributed by atoms with E-state index in [2.05, 4.69) is 10.3 Å². The normalized spacial score (nSPS) is 12.1. The molecule has 0 bridgehead atoms. The minimum Gasteiger partial charge on any atom is -0.373 e. The number of aromatic nitrogens is 1. The zero-order valence-electron chi connectivity index (χ0n) is 9.22. The summed E-state index contributed by atoms with van der Waals surface area (Å²) in [4.78, 5) is 4.25. The van der Waals surface area contributed by atoms with E-state index in [-0.39, 0.29) is 6.04 Å². The van der Waals surface area contributed by atoms with Crippen LogP contribution in [0.25, 0.3) is 0 Å². The predicted molar refractivity (Wildman–Crippen MR) is 66.3 cm³/mol. The average molecular weight is 213 g/mol. The van der Waals surface area contributed by atoms with Crippen molar-refractivity contribution in [3.63, 3.8) is 0 Å². The van der Waals surface area contributed by atoms with Gasteiger partial charge in [0.2, 0.25) is 0 Å². The van der Waals surface area contributed by atoms with Gasteiger partial charge in [-0.1, -0.05) is 36.4 Å². The highest BCUT2D eigenvalue weighted by molar-refractivity contribution is 5.37. The Labute approximate surface area is 95.3 Å². The van der Waals surface area contributed by atoms with Gasteiger partial charge in [-0.05, 0) is 17.2 Å². The summed E-state index contributed by atoms with van der Waals surface area (Å²) in [7, 11) is 1.85. The highest BCUT2D eigenvalue weighted by Gasteiger charge is 2.08. The third-order valence-electron chi connectivity index (χ3n) is 2.56. The summed E-state index contributed by atoms with van der Waals surface area (Å²) >= 11 is 0. The van der Waals surface area contributed by atoms with Gasteiger partial charge in [0.05, 0.1) is 6.04 Å². The van der Waals surface area contributed by atoms with Crippen molar-refractivity contribution in [3.8, 4) is 0 Å². The first-order chi connectivity index (χ1) is 7.81. The third-order valence-corrected chi connectivity index (χ3v) is 2.56. The number of benzene rings is 1. The topological polar surface area (TPSA) is 50.9 Å². The van der Waals surface area contributed by atoms with Crippen molar-refractivity contribution in [2.24, 2.45) is 5.73 Å². The Morgan fingerprint density at radius 1 is 1.06 bits per heavy atom. The van der Waals surface area contributed by atoms with Crippen molar-refractivity contribution >= 4 is 5.82 Å². The molecule has 1 aromatic heterocycles. The molecule has 16 heavy (non-hydrogen) atoms. The first-order valence-electron chi connectivity index (χ1n) is 5.25. The van der Waals surface area contributed by atoms with E-state index in [1.54, 1.807) is 0 Å². The van der Waals surface area contributed by atoms with Gasteiger partial charge in [0, 0.05) is 13.2 Å². The minimum atomic E-state index is -0.111. The van der Waals surface area contributed by atoms with Crippen molar-refractivity contribution in [1.82, 2.24) is 4.98 Å². The van der Waals surface area contributed by atoms with Gasteiger partial charge in [-0.25, -0.2) is 4.98 Å². The van der Waals surface area contributed by atoms with Crippen LogP contribution in [-0.4, -0.2) is 12.0 Å². The van der Waals surface area contributed by atoms with Gasteiger partial charge in [-0.15, -0.1) is 0 Å². The highest BCUT2D eigenvalue weighted by Crippen LogP contribution is 2.19. The maximum Gasteiger partial charge on any atom is 0.125 e. The Kier molecular flexibility index (Phi) is 3.17. The molecule has 0 aliphatic carbocycles. The van der Waals surface area contributed by atoms with Gasteiger partial charge in [0.1, 0.15) is 5.82 Å². The molecule has 0 saturated carbocycles. The molecule has 1 atom stereocenters. The van der Waals surface area contributed by atoms with Crippen LogP contribution >= 0.6 is 0 Å². The lowest BCUT2D eigenvalue weighted by Crippen LogP contribution is -2.12. The van der Waals surface area contributed by atoms with Crippen LogP contribution in [0.3, 0.4) is 0 Å². The van der Waals surface area contributed by atoms with Crippen LogP contribution < -0.4 is 11.1 Å². The predicted octanol–water partition coefficient (Wildman–Crippen LogP) is 2.17. The molecular weight excluding hydrogens is 198 g/mol. The molecule has 0 aliphatic rings. The maximum atomic E-state index is 6.15. The summed E-state index contributed by atoms with van der Waals surface area (Å²) in [6.45, 7) is 0. The molecule has 3 N–H and O–H groups in total. The number of anilines is 1. The Morgan fingerprint density at radius 3 is 2.38 bits per heavy atom. The lowest BCUT2D eigenvalue weighted by Gasteiger charge is -2.12. The van der Waals surface area contributed by atoms with Gasteiger partial charge in [0.25, 0.3) is 0 Å². The van der Waals surface area contributed by atoms with E-state index in [0.717, 1.165) is 16.9 Å². The Balaban J connectivity index is 2.24. The van der Waals surface area contributed by atoms with Crippen molar-refractivity contribution in [3.05, 3.63) is 59.8 Å². The van der Waals surface area contributed by atoms with Crippen molar-refractivity contribution in [2.45, 2.75) is 6.04 Å². The number of pyridine rings is 1.